The summed E-state index contributed by atoms with van der Waals surface area (Å²) >= 11 is 0. The molecule has 1 unspecified atom stereocenters. The fourth-order valence-electron chi connectivity index (χ4n) is 1.28. The van der Waals surface area contributed by atoms with Gasteiger partial charge in [-0.05, 0) is 0 Å². The topological polar surface area (TPSA) is 163 Å². The van der Waals surface area contributed by atoms with E-state index in [2.05, 4.69) is 9.26 Å². The minimum absolute atomic E-state index is 0. The Morgan fingerprint density at radius 2 is 1.61 bits per heavy atom. The van der Waals surface area contributed by atoms with E-state index in [-0.39, 0.29) is 103 Å². The molecule has 9 nitrogen and oxygen atoms in total. The van der Waals surface area contributed by atoms with Crippen molar-refractivity contribution in [3.63, 3.8) is 0 Å². The summed E-state index contributed by atoms with van der Waals surface area (Å²) in [7, 11) is -5.41. The van der Waals surface area contributed by atoms with Crippen LogP contribution in [0.1, 0.15) is 0 Å². The van der Waals surface area contributed by atoms with Crippen molar-refractivity contribution in [1.29, 1.82) is 0 Å². The molecule has 0 saturated carbocycles. The fraction of sp³-hybridized carbons (Fsp3) is 1.00. The van der Waals surface area contributed by atoms with Gasteiger partial charge in [0.2, 0.25) is 0 Å². The summed E-state index contributed by atoms with van der Waals surface area (Å²) in [4.78, 5) is 20.6. The van der Waals surface area contributed by atoms with Gasteiger partial charge in [-0.15, -0.1) is 0 Å². The number of phosphoric acid groups is 1. The van der Waals surface area contributed by atoms with Gasteiger partial charge in [0.1, 0.15) is 24.4 Å². The summed E-state index contributed by atoms with van der Waals surface area (Å²) in [6.07, 6.45) is -8.61. The number of phosphoric ester groups is 1. The van der Waals surface area contributed by atoms with E-state index in [1.807, 2.05) is 0 Å². The molecule has 0 radical (unpaired) electrons. The molecule has 1 aliphatic heterocycles. The van der Waals surface area contributed by atoms with Gasteiger partial charge in [0.25, 0.3) is 0 Å². The van der Waals surface area contributed by atoms with E-state index in [0.29, 0.717) is 0 Å². The molecule has 0 amide bonds. The van der Waals surface area contributed by atoms with Gasteiger partial charge in [-0.25, -0.2) is 0 Å². The van der Waals surface area contributed by atoms with Crippen LogP contribution >= 0.6 is 7.82 Å². The van der Waals surface area contributed by atoms with E-state index >= 15 is 0 Å². The average Bonchev–Trinajstić information content (AvgIpc) is 2.17. The Morgan fingerprint density at radius 3 is 2.00 bits per heavy atom. The molecule has 12 heteroatoms. The van der Waals surface area contributed by atoms with Crippen LogP contribution in [-0.2, 0) is 13.8 Å². The van der Waals surface area contributed by atoms with Crippen LogP contribution in [0.4, 0.5) is 0 Å². The normalized spacial score (nSPS) is 36.4. The van der Waals surface area contributed by atoms with Gasteiger partial charge < -0.3 is 44.0 Å². The molecule has 1 heterocycles. The summed E-state index contributed by atoms with van der Waals surface area (Å²) in [5, 5.41) is 36.5. The Bertz CT molecular complexity index is 284. The molecule has 1 aliphatic rings. The zero-order valence-corrected chi connectivity index (χ0v) is 17.0. The number of aliphatic hydroxyl groups is 4. The largest absolute Gasteiger partial charge is 1.00 e. The van der Waals surface area contributed by atoms with Crippen molar-refractivity contribution in [3.8, 4) is 0 Å². The minimum Gasteiger partial charge on any atom is -0.790 e. The smallest absolute Gasteiger partial charge is 0.790 e. The Labute approximate surface area is 188 Å². The predicted molar refractivity (Wildman–Crippen MR) is 42.5 cm³/mol. The third kappa shape index (κ3) is 6.96. The summed E-state index contributed by atoms with van der Waals surface area (Å²) in [5.74, 6) is 0. The number of hydrogen-bond acceptors (Lipinski definition) is 9. The Morgan fingerprint density at radius 1 is 1.11 bits per heavy atom. The number of hydrogen-bond donors (Lipinski definition) is 4. The van der Waals surface area contributed by atoms with Crippen LogP contribution in [-0.4, -0.2) is 57.7 Å². The zero-order valence-electron chi connectivity index (χ0n) is 9.87. The van der Waals surface area contributed by atoms with Gasteiger partial charge in [0, 0.05) is 0 Å². The van der Waals surface area contributed by atoms with Gasteiger partial charge in [-0.2, -0.15) is 0 Å². The molecule has 0 aliphatic carbocycles. The first kappa shape index (κ1) is 23.4. The van der Waals surface area contributed by atoms with Crippen LogP contribution < -0.4 is 113 Å². The van der Waals surface area contributed by atoms with Crippen molar-refractivity contribution >= 4 is 7.82 Å². The predicted octanol–water partition coefficient (Wildman–Crippen LogP) is -10.4. The maximum Gasteiger partial charge on any atom is 1.00 e. The summed E-state index contributed by atoms with van der Waals surface area (Å²) in [6.45, 7) is -0.743. The molecule has 0 spiro atoms. The SMILES string of the molecule is O=P([O-])([O-])OC1O[C@H](CO)[C@@H](O)[C@H](O)[C@H]1O.[K+].[K+]. The molecule has 1 saturated heterocycles. The van der Waals surface area contributed by atoms with Gasteiger partial charge >= 0.3 is 103 Å². The standard InChI is InChI=1S/C6H13O9P.2K/c7-1-2-3(8)4(9)5(10)6(14-2)15-16(11,12)13;;/h2-10H,1H2,(H2,11,12,13);;/q;2*+1/p-2/t2-,3-,4+,5-,6?;;/m1../s1. The quantitative estimate of drug-likeness (QED) is 0.289. The van der Waals surface area contributed by atoms with Crippen LogP contribution in [0.3, 0.4) is 0 Å². The molecule has 18 heavy (non-hydrogen) atoms. The molecule has 0 bridgehead atoms. The summed E-state index contributed by atoms with van der Waals surface area (Å²) in [6, 6.07) is 0. The number of aliphatic hydroxyl groups excluding tert-OH is 4. The van der Waals surface area contributed by atoms with E-state index in [9.17, 15) is 29.7 Å². The second-order valence-electron chi connectivity index (χ2n) is 3.25. The first-order chi connectivity index (χ1) is 7.26. The van der Waals surface area contributed by atoms with Crippen molar-refractivity contribution in [2.45, 2.75) is 30.7 Å². The molecule has 5 atom stereocenters. The van der Waals surface area contributed by atoms with Crippen LogP contribution in [0, 0.1) is 0 Å². The third-order valence-corrected chi connectivity index (χ3v) is 2.55. The molecular formula is C6H11K2O9P. The molecule has 1 fully saturated rings. The molecule has 0 aromatic heterocycles. The van der Waals surface area contributed by atoms with Crippen molar-refractivity contribution < 1.29 is 147 Å². The fourth-order valence-corrected chi connectivity index (χ4v) is 1.71. The van der Waals surface area contributed by atoms with Crippen LogP contribution in [0.25, 0.3) is 0 Å². The molecule has 96 valence electrons. The molecule has 0 aromatic rings. The number of ether oxygens (including phenoxy) is 1. The van der Waals surface area contributed by atoms with Gasteiger partial charge in [-0.3, -0.25) is 0 Å². The first-order valence-corrected chi connectivity index (χ1v) is 5.73. The monoisotopic (exact) mass is 336 g/mol. The second kappa shape index (κ2) is 10.1. The van der Waals surface area contributed by atoms with Gasteiger partial charge in [0.05, 0.1) is 14.4 Å². The third-order valence-electron chi connectivity index (χ3n) is 2.08. The van der Waals surface area contributed by atoms with E-state index in [4.69, 9.17) is 5.11 Å². The van der Waals surface area contributed by atoms with E-state index in [1.165, 1.54) is 0 Å². The maximum absolute atomic E-state index is 10.3. The Balaban J connectivity index is 0. The van der Waals surface area contributed by atoms with Crippen molar-refractivity contribution in [2.75, 3.05) is 6.61 Å². The van der Waals surface area contributed by atoms with Crippen LogP contribution in [0.5, 0.6) is 0 Å². The second-order valence-corrected chi connectivity index (χ2v) is 4.36. The summed E-state index contributed by atoms with van der Waals surface area (Å²) in [5.41, 5.74) is 0. The van der Waals surface area contributed by atoms with Crippen molar-refractivity contribution in [3.05, 3.63) is 0 Å². The van der Waals surface area contributed by atoms with Gasteiger partial charge in [-0.1, -0.05) is 0 Å². The Kier molecular flexibility index (Phi) is 13.1. The zero-order chi connectivity index (χ0) is 12.5. The van der Waals surface area contributed by atoms with Crippen molar-refractivity contribution in [2.24, 2.45) is 0 Å². The van der Waals surface area contributed by atoms with E-state index in [0.717, 1.165) is 0 Å². The Hall–Kier alpha value is 3.18. The molecule has 4 N–H and O–H groups in total. The molecular weight excluding hydrogens is 325 g/mol. The molecule has 1 rings (SSSR count). The van der Waals surface area contributed by atoms with Crippen molar-refractivity contribution in [1.82, 2.24) is 0 Å². The average molecular weight is 336 g/mol. The van der Waals surface area contributed by atoms with E-state index in [1.54, 1.807) is 0 Å². The molecule has 0 aromatic carbocycles. The van der Waals surface area contributed by atoms with E-state index < -0.39 is 45.1 Å². The van der Waals surface area contributed by atoms with Crippen LogP contribution in [0.2, 0.25) is 0 Å². The first-order valence-electron chi connectivity index (χ1n) is 4.27. The number of rotatable bonds is 3. The summed E-state index contributed by atoms with van der Waals surface area (Å²) < 4.78 is 18.7. The van der Waals surface area contributed by atoms with Crippen LogP contribution in [0.15, 0.2) is 0 Å². The maximum atomic E-state index is 10.3. The minimum atomic E-state index is -5.41. The van der Waals surface area contributed by atoms with Gasteiger partial charge in [0.15, 0.2) is 6.29 Å².